The second-order valence-corrected chi connectivity index (χ2v) is 6.58. The lowest BCUT2D eigenvalue weighted by molar-refractivity contribution is 0.0953. The van der Waals surface area contributed by atoms with Crippen LogP contribution >= 0.6 is 23.2 Å². The number of nitrogens with one attached hydrogen (secondary N) is 2. The Balaban J connectivity index is 1.56. The van der Waals surface area contributed by atoms with Gasteiger partial charge in [0.15, 0.2) is 5.82 Å². The summed E-state index contributed by atoms with van der Waals surface area (Å²) in [6, 6.07) is 10.1. The second kappa shape index (κ2) is 8.01. The molecule has 0 saturated heterocycles. The van der Waals surface area contributed by atoms with E-state index in [4.69, 9.17) is 23.2 Å². The van der Waals surface area contributed by atoms with E-state index in [0.717, 1.165) is 18.4 Å². The molecular formula is C18H15Cl2F2N3O. The number of aryl methyl sites for hydroxylation is 1. The monoisotopic (exact) mass is 397 g/mol. The minimum atomic E-state index is -2.68. The molecule has 0 saturated carbocycles. The normalized spacial score (nSPS) is 11.3. The summed E-state index contributed by atoms with van der Waals surface area (Å²) in [5.74, 6) is -0.673. The minimum Gasteiger partial charge on any atom is -0.352 e. The summed E-state index contributed by atoms with van der Waals surface area (Å²) in [6.45, 7) is 0.475. The van der Waals surface area contributed by atoms with Gasteiger partial charge in [0.1, 0.15) is 0 Å². The first-order valence-corrected chi connectivity index (χ1v) is 8.69. The molecule has 4 nitrogen and oxygen atoms in total. The number of fused-ring (bicyclic) bond motifs is 1. The molecule has 2 N–H and O–H groups in total. The number of nitrogens with zero attached hydrogens (tertiary/aromatic N) is 1. The molecule has 1 heterocycles. The summed E-state index contributed by atoms with van der Waals surface area (Å²) >= 11 is 11.8. The predicted octanol–water partition coefficient (Wildman–Crippen LogP) is 5.17. The number of hydrogen-bond acceptors (Lipinski definition) is 2. The highest BCUT2D eigenvalue weighted by atomic mass is 35.5. The van der Waals surface area contributed by atoms with Crippen LogP contribution < -0.4 is 5.32 Å². The number of carbonyl (C=O) groups is 1. The lowest BCUT2D eigenvalue weighted by atomic mass is 10.1. The van der Waals surface area contributed by atoms with Gasteiger partial charge in [-0.2, -0.15) is 0 Å². The smallest absolute Gasteiger partial charge is 0.295 e. The van der Waals surface area contributed by atoms with Crippen LogP contribution in [-0.4, -0.2) is 22.4 Å². The van der Waals surface area contributed by atoms with Crippen LogP contribution in [0.4, 0.5) is 8.78 Å². The topological polar surface area (TPSA) is 57.8 Å². The maximum absolute atomic E-state index is 12.7. The van der Waals surface area contributed by atoms with Gasteiger partial charge in [0.25, 0.3) is 12.3 Å². The fourth-order valence-electron chi connectivity index (χ4n) is 2.57. The molecule has 0 bridgehead atoms. The van der Waals surface area contributed by atoms with Gasteiger partial charge in [0.2, 0.25) is 0 Å². The Morgan fingerprint density at radius 2 is 1.96 bits per heavy atom. The number of rotatable bonds is 6. The van der Waals surface area contributed by atoms with Gasteiger partial charge < -0.3 is 10.3 Å². The third-order valence-corrected chi connectivity index (χ3v) is 4.62. The molecule has 0 atom stereocenters. The number of alkyl halides is 2. The number of hydrogen-bond donors (Lipinski definition) is 2. The molecule has 0 aliphatic rings. The van der Waals surface area contributed by atoms with Gasteiger partial charge in [-0.25, -0.2) is 13.8 Å². The summed E-state index contributed by atoms with van der Waals surface area (Å²) in [7, 11) is 0. The molecule has 3 aromatic rings. The molecule has 8 heteroatoms. The van der Waals surface area contributed by atoms with Crippen LogP contribution in [0.1, 0.15) is 34.6 Å². The van der Waals surface area contributed by atoms with Crippen molar-refractivity contribution in [3.63, 3.8) is 0 Å². The molecule has 0 aliphatic carbocycles. The first-order valence-electron chi connectivity index (χ1n) is 7.94. The maximum Gasteiger partial charge on any atom is 0.295 e. The van der Waals surface area contributed by atoms with Crippen molar-refractivity contribution in [2.24, 2.45) is 0 Å². The van der Waals surface area contributed by atoms with E-state index in [1.807, 2.05) is 6.07 Å². The Labute approximate surface area is 158 Å². The van der Waals surface area contributed by atoms with E-state index in [9.17, 15) is 13.6 Å². The third kappa shape index (κ3) is 4.31. The predicted molar refractivity (Wildman–Crippen MR) is 98.2 cm³/mol. The fourth-order valence-corrected chi connectivity index (χ4v) is 2.89. The van der Waals surface area contributed by atoms with Gasteiger partial charge in [-0.3, -0.25) is 4.79 Å². The van der Waals surface area contributed by atoms with Gasteiger partial charge in [0.05, 0.1) is 21.1 Å². The summed E-state index contributed by atoms with van der Waals surface area (Å²) < 4.78 is 25.3. The number of imidazole rings is 1. The van der Waals surface area contributed by atoms with Crippen LogP contribution in [0, 0.1) is 0 Å². The molecule has 0 aliphatic heterocycles. The SMILES string of the molecule is O=C(NCCCc1ccc(Cl)c(Cl)c1)c1ccc2nc(C(F)F)[nH]c2c1. The summed E-state index contributed by atoms with van der Waals surface area (Å²) in [5.41, 5.74) is 2.23. The van der Waals surface area contributed by atoms with Crippen LogP contribution in [-0.2, 0) is 6.42 Å². The van der Waals surface area contributed by atoms with E-state index in [1.165, 1.54) is 6.07 Å². The molecule has 3 rings (SSSR count). The van der Waals surface area contributed by atoms with Crippen LogP contribution in [0.3, 0.4) is 0 Å². The first-order chi connectivity index (χ1) is 12.4. The number of halogens is 4. The largest absolute Gasteiger partial charge is 0.352 e. The number of aromatic nitrogens is 2. The van der Waals surface area contributed by atoms with Crippen LogP contribution in [0.2, 0.25) is 10.0 Å². The van der Waals surface area contributed by atoms with E-state index in [1.54, 1.807) is 24.3 Å². The number of aromatic amines is 1. The van der Waals surface area contributed by atoms with Gasteiger partial charge in [-0.1, -0.05) is 29.3 Å². The molecule has 0 unspecified atom stereocenters. The third-order valence-electron chi connectivity index (χ3n) is 3.88. The number of H-pyrrole nitrogens is 1. The lowest BCUT2D eigenvalue weighted by Crippen LogP contribution is -2.24. The Morgan fingerprint density at radius 1 is 1.15 bits per heavy atom. The molecule has 1 aromatic heterocycles. The second-order valence-electron chi connectivity index (χ2n) is 5.76. The van der Waals surface area contributed by atoms with Gasteiger partial charge in [-0.15, -0.1) is 0 Å². The molecular weight excluding hydrogens is 383 g/mol. The molecule has 136 valence electrons. The highest BCUT2D eigenvalue weighted by Gasteiger charge is 2.14. The Kier molecular flexibility index (Phi) is 5.74. The van der Waals surface area contributed by atoms with Gasteiger partial charge >= 0.3 is 0 Å². The molecule has 1 amide bonds. The number of amides is 1. The van der Waals surface area contributed by atoms with Crippen molar-refractivity contribution in [3.05, 3.63) is 63.4 Å². The Hall–Kier alpha value is -2.18. The Morgan fingerprint density at radius 3 is 2.69 bits per heavy atom. The fraction of sp³-hybridized carbons (Fsp3) is 0.222. The Bertz CT molecular complexity index is 943. The van der Waals surface area contributed by atoms with Crippen LogP contribution in [0.5, 0.6) is 0 Å². The summed E-state index contributed by atoms with van der Waals surface area (Å²) in [5, 5.41) is 3.82. The summed E-state index contributed by atoms with van der Waals surface area (Å²) in [6.07, 6.45) is -1.21. The molecule has 0 spiro atoms. The van der Waals surface area contributed by atoms with Crippen molar-refractivity contribution in [2.75, 3.05) is 6.54 Å². The van der Waals surface area contributed by atoms with E-state index >= 15 is 0 Å². The zero-order valence-corrected chi connectivity index (χ0v) is 15.0. The summed E-state index contributed by atoms with van der Waals surface area (Å²) in [4.78, 5) is 18.5. The van der Waals surface area contributed by atoms with Gasteiger partial charge in [-0.05, 0) is 48.7 Å². The van der Waals surface area contributed by atoms with E-state index in [2.05, 4.69) is 15.3 Å². The highest BCUT2D eigenvalue weighted by Crippen LogP contribution is 2.23. The van der Waals surface area contributed by atoms with Crippen molar-refractivity contribution in [2.45, 2.75) is 19.3 Å². The lowest BCUT2D eigenvalue weighted by Gasteiger charge is -2.06. The van der Waals surface area contributed by atoms with E-state index < -0.39 is 12.2 Å². The highest BCUT2D eigenvalue weighted by molar-refractivity contribution is 6.42. The quantitative estimate of drug-likeness (QED) is 0.563. The molecule has 2 aromatic carbocycles. The molecule has 26 heavy (non-hydrogen) atoms. The van der Waals surface area contributed by atoms with E-state index in [0.29, 0.717) is 33.2 Å². The average Bonchev–Trinajstić information content (AvgIpc) is 3.05. The van der Waals surface area contributed by atoms with E-state index in [-0.39, 0.29) is 5.91 Å². The number of benzene rings is 2. The zero-order valence-electron chi connectivity index (χ0n) is 13.5. The standard InChI is InChI=1S/C18H15Cl2F2N3O/c19-12-5-3-10(8-13(12)20)2-1-7-23-18(26)11-4-6-14-15(9-11)25-17(24-14)16(21)22/h3-6,8-9,16H,1-2,7H2,(H,23,26)(H,24,25). The molecule has 0 fully saturated rings. The minimum absolute atomic E-state index is 0.269. The average molecular weight is 398 g/mol. The van der Waals surface area contributed by atoms with Crippen molar-refractivity contribution in [3.8, 4) is 0 Å². The van der Waals surface area contributed by atoms with Gasteiger partial charge in [0, 0.05) is 12.1 Å². The van der Waals surface area contributed by atoms with Crippen molar-refractivity contribution in [1.82, 2.24) is 15.3 Å². The maximum atomic E-state index is 12.7. The number of carbonyl (C=O) groups excluding carboxylic acids is 1. The first kappa shape index (κ1) is 18.6. The molecule has 0 radical (unpaired) electrons. The van der Waals surface area contributed by atoms with Crippen molar-refractivity contribution >= 4 is 40.1 Å². The van der Waals surface area contributed by atoms with Crippen LogP contribution in [0.15, 0.2) is 36.4 Å². The van der Waals surface area contributed by atoms with Crippen molar-refractivity contribution in [1.29, 1.82) is 0 Å². The zero-order chi connectivity index (χ0) is 18.7. The van der Waals surface area contributed by atoms with Crippen molar-refractivity contribution < 1.29 is 13.6 Å². The van der Waals surface area contributed by atoms with Crippen LogP contribution in [0.25, 0.3) is 11.0 Å².